The zero-order chi connectivity index (χ0) is 15.5. The molecule has 0 aromatic carbocycles. The smallest absolute Gasteiger partial charge is 0.160 e. The van der Waals surface area contributed by atoms with Gasteiger partial charge in [0.05, 0.1) is 6.10 Å². The molecule has 4 rings (SSSR count). The van der Waals surface area contributed by atoms with E-state index in [1.165, 1.54) is 38.8 Å². The van der Waals surface area contributed by atoms with E-state index in [2.05, 4.69) is 20.5 Å². The van der Waals surface area contributed by atoms with Crippen LogP contribution in [0.3, 0.4) is 0 Å². The Morgan fingerprint density at radius 2 is 2.04 bits per heavy atom. The van der Waals surface area contributed by atoms with Crippen LogP contribution in [-0.4, -0.2) is 51.8 Å². The highest BCUT2D eigenvalue weighted by atomic mass is 16.5. The number of hydrogen-bond donors (Lipinski definition) is 0. The third-order valence-electron chi connectivity index (χ3n) is 5.11. The second-order valence-electron chi connectivity index (χ2n) is 6.77. The molecule has 1 unspecified atom stereocenters. The Morgan fingerprint density at radius 1 is 1.13 bits per heavy atom. The maximum absolute atomic E-state index is 5.82. The summed E-state index contributed by atoms with van der Waals surface area (Å²) in [7, 11) is 0. The van der Waals surface area contributed by atoms with Crippen LogP contribution in [0.1, 0.15) is 37.9 Å². The minimum Gasteiger partial charge on any atom is -0.378 e. The minimum atomic E-state index is 0.334. The number of pyridine rings is 1. The van der Waals surface area contributed by atoms with E-state index in [0.29, 0.717) is 6.10 Å². The first-order chi connectivity index (χ1) is 11.4. The molecule has 0 spiro atoms. The van der Waals surface area contributed by atoms with E-state index < -0.39 is 0 Å². The Hall–Kier alpha value is -1.46. The van der Waals surface area contributed by atoms with E-state index in [9.17, 15) is 0 Å². The van der Waals surface area contributed by atoms with E-state index in [1.807, 2.05) is 12.3 Å². The van der Waals surface area contributed by atoms with Gasteiger partial charge in [-0.15, -0.1) is 0 Å². The van der Waals surface area contributed by atoms with Gasteiger partial charge in [0.1, 0.15) is 11.3 Å². The third kappa shape index (κ3) is 3.40. The highest BCUT2D eigenvalue weighted by Gasteiger charge is 2.21. The Kier molecular flexibility index (Phi) is 4.57. The molecule has 2 aliphatic heterocycles. The molecule has 23 heavy (non-hydrogen) atoms. The molecular weight excluding hydrogens is 288 g/mol. The molecule has 2 saturated heterocycles. The van der Waals surface area contributed by atoms with Gasteiger partial charge in [0, 0.05) is 32.3 Å². The molecule has 1 atom stereocenters. The van der Waals surface area contributed by atoms with Crippen molar-refractivity contribution in [2.24, 2.45) is 0 Å². The van der Waals surface area contributed by atoms with Gasteiger partial charge in [0.25, 0.3) is 0 Å². The summed E-state index contributed by atoms with van der Waals surface area (Å²) in [6, 6.07) is 4.04. The Balaban J connectivity index is 1.54. The molecule has 2 aromatic heterocycles. The van der Waals surface area contributed by atoms with Crippen LogP contribution in [0.2, 0.25) is 0 Å². The Morgan fingerprint density at radius 3 is 2.87 bits per heavy atom. The summed E-state index contributed by atoms with van der Waals surface area (Å²) in [5.41, 5.74) is 2.04. The summed E-state index contributed by atoms with van der Waals surface area (Å²) in [4.78, 5) is 12.0. The fourth-order valence-electron chi connectivity index (χ4n) is 3.83. The number of ether oxygens (including phenoxy) is 1. The highest BCUT2D eigenvalue weighted by Crippen LogP contribution is 2.20. The van der Waals surface area contributed by atoms with Gasteiger partial charge in [-0.25, -0.2) is 9.97 Å². The summed E-state index contributed by atoms with van der Waals surface area (Å²) in [6.45, 7) is 5.45. The van der Waals surface area contributed by atoms with E-state index in [-0.39, 0.29) is 0 Å². The van der Waals surface area contributed by atoms with E-state index in [1.54, 1.807) is 0 Å². The average Bonchev–Trinajstić information content (AvgIpc) is 3.22. The molecule has 0 saturated carbocycles. The van der Waals surface area contributed by atoms with Crippen molar-refractivity contribution in [3.05, 3.63) is 24.2 Å². The van der Waals surface area contributed by atoms with Crippen molar-refractivity contribution in [1.29, 1.82) is 0 Å². The van der Waals surface area contributed by atoms with E-state index >= 15 is 0 Å². The number of fused-ring (bicyclic) bond motifs is 1. The maximum Gasteiger partial charge on any atom is 0.160 e. The fourth-order valence-corrected chi connectivity index (χ4v) is 3.83. The first-order valence-electron chi connectivity index (χ1n) is 9.04. The number of nitrogens with zero attached hydrogens (tertiary/aromatic N) is 4. The topological polar surface area (TPSA) is 43.2 Å². The first kappa shape index (κ1) is 15.1. The Labute approximate surface area is 137 Å². The lowest BCUT2D eigenvalue weighted by molar-refractivity contribution is 0.109. The summed E-state index contributed by atoms with van der Waals surface area (Å²) in [5, 5.41) is 0. The Bertz CT molecular complexity index is 642. The lowest BCUT2D eigenvalue weighted by Gasteiger charge is -2.26. The van der Waals surface area contributed by atoms with Crippen molar-refractivity contribution < 1.29 is 4.74 Å². The zero-order valence-corrected chi connectivity index (χ0v) is 13.8. The molecule has 0 bridgehead atoms. The second kappa shape index (κ2) is 6.97. The number of hydrogen-bond acceptors (Lipinski definition) is 4. The van der Waals surface area contributed by atoms with Gasteiger partial charge in [0.15, 0.2) is 5.65 Å². The number of rotatable bonds is 5. The molecule has 0 amide bonds. The van der Waals surface area contributed by atoms with E-state index in [0.717, 1.165) is 49.5 Å². The zero-order valence-electron chi connectivity index (χ0n) is 13.8. The van der Waals surface area contributed by atoms with Crippen molar-refractivity contribution in [3.8, 4) is 0 Å². The lowest BCUT2D eigenvalue weighted by atomic mass is 10.1. The standard InChI is InChI=1S/C18H26N4O/c1-2-9-21(10-3-1)11-12-22-17(14-15-6-5-13-23-15)20-16-7-4-8-19-18(16)22/h4,7-8,15H,1-3,5-6,9-14H2. The second-order valence-corrected chi connectivity index (χ2v) is 6.77. The van der Waals surface area contributed by atoms with E-state index in [4.69, 9.17) is 9.72 Å². The van der Waals surface area contributed by atoms with Crippen LogP contribution in [0.25, 0.3) is 11.2 Å². The van der Waals surface area contributed by atoms with Crippen molar-refractivity contribution in [2.45, 2.75) is 51.2 Å². The summed E-state index contributed by atoms with van der Waals surface area (Å²) in [5.74, 6) is 1.14. The maximum atomic E-state index is 5.82. The van der Waals surface area contributed by atoms with Crippen molar-refractivity contribution in [1.82, 2.24) is 19.4 Å². The van der Waals surface area contributed by atoms with Gasteiger partial charge in [-0.2, -0.15) is 0 Å². The number of aromatic nitrogens is 3. The predicted octanol–water partition coefficient (Wildman–Crippen LogP) is 2.64. The van der Waals surface area contributed by atoms with Crippen LogP contribution in [0.15, 0.2) is 18.3 Å². The van der Waals surface area contributed by atoms with Gasteiger partial charge in [-0.1, -0.05) is 6.42 Å². The summed E-state index contributed by atoms with van der Waals surface area (Å²) >= 11 is 0. The molecule has 2 aliphatic rings. The van der Waals surface area contributed by atoms with Gasteiger partial charge in [-0.3, -0.25) is 0 Å². The van der Waals surface area contributed by atoms with Gasteiger partial charge in [0.2, 0.25) is 0 Å². The molecule has 0 aliphatic carbocycles. The molecule has 0 radical (unpaired) electrons. The number of likely N-dealkylation sites (tertiary alicyclic amines) is 1. The molecular formula is C18H26N4O. The van der Waals surface area contributed by atoms with Crippen LogP contribution in [0.4, 0.5) is 0 Å². The molecule has 5 heteroatoms. The van der Waals surface area contributed by atoms with Crippen LogP contribution >= 0.6 is 0 Å². The molecule has 124 valence electrons. The van der Waals surface area contributed by atoms with Crippen molar-refractivity contribution in [3.63, 3.8) is 0 Å². The van der Waals surface area contributed by atoms with Gasteiger partial charge < -0.3 is 14.2 Å². The van der Waals surface area contributed by atoms with Crippen LogP contribution < -0.4 is 0 Å². The monoisotopic (exact) mass is 314 g/mol. The quantitative estimate of drug-likeness (QED) is 0.851. The minimum absolute atomic E-state index is 0.334. The van der Waals surface area contributed by atoms with Crippen molar-refractivity contribution >= 4 is 11.2 Å². The molecule has 2 fully saturated rings. The van der Waals surface area contributed by atoms with Crippen LogP contribution in [0.5, 0.6) is 0 Å². The predicted molar refractivity (Wildman–Crippen MR) is 90.5 cm³/mol. The van der Waals surface area contributed by atoms with Crippen LogP contribution in [-0.2, 0) is 17.7 Å². The average molecular weight is 314 g/mol. The fraction of sp³-hybridized carbons (Fsp3) is 0.667. The third-order valence-corrected chi connectivity index (χ3v) is 5.11. The number of piperidine rings is 1. The highest BCUT2D eigenvalue weighted by molar-refractivity contribution is 5.71. The van der Waals surface area contributed by atoms with Crippen LogP contribution in [0, 0.1) is 0 Å². The summed E-state index contributed by atoms with van der Waals surface area (Å²) < 4.78 is 8.14. The molecule has 0 N–H and O–H groups in total. The first-order valence-corrected chi connectivity index (χ1v) is 9.04. The SMILES string of the molecule is c1cnc2c(c1)nc(CC1CCCO1)n2CCN1CCCCC1. The molecule has 2 aromatic rings. The van der Waals surface area contributed by atoms with Gasteiger partial charge in [-0.05, 0) is 50.9 Å². The lowest BCUT2D eigenvalue weighted by Crippen LogP contribution is -2.33. The van der Waals surface area contributed by atoms with Crippen molar-refractivity contribution in [2.75, 3.05) is 26.2 Å². The molecule has 5 nitrogen and oxygen atoms in total. The molecule has 4 heterocycles. The number of imidazole rings is 1. The van der Waals surface area contributed by atoms with Gasteiger partial charge >= 0.3 is 0 Å². The normalized spacial score (nSPS) is 22.9. The largest absolute Gasteiger partial charge is 0.378 e. The summed E-state index contributed by atoms with van der Waals surface area (Å²) in [6.07, 6.45) is 9.52.